The minimum Gasteiger partial charge on any atom is -0.385 e. The Hall–Kier alpha value is -1.79. The van der Waals surface area contributed by atoms with Crippen molar-refractivity contribution < 1.29 is 4.74 Å². The Kier molecular flexibility index (Phi) is 9.96. The van der Waals surface area contributed by atoms with Crippen molar-refractivity contribution in [1.29, 1.82) is 0 Å². The van der Waals surface area contributed by atoms with Gasteiger partial charge in [-0.2, -0.15) is 0 Å². The highest BCUT2D eigenvalue weighted by Gasteiger charge is 2.06. The van der Waals surface area contributed by atoms with Gasteiger partial charge in [-0.3, -0.25) is 4.99 Å². The van der Waals surface area contributed by atoms with Crippen LogP contribution < -0.4 is 15.5 Å². The Balaban J connectivity index is 2.42. The number of aliphatic imine (C=N–C) groups is 1. The summed E-state index contributed by atoms with van der Waals surface area (Å²) < 4.78 is 5.09. The second-order valence-corrected chi connectivity index (χ2v) is 6.53. The van der Waals surface area contributed by atoms with Crippen LogP contribution in [0.2, 0.25) is 0 Å². The number of methoxy groups -OCH3 is 1. The number of ether oxygens (including phenoxy) is 1. The lowest BCUT2D eigenvalue weighted by atomic mass is 10.1. The number of benzene rings is 1. The van der Waals surface area contributed by atoms with E-state index in [2.05, 4.69) is 71.7 Å². The summed E-state index contributed by atoms with van der Waals surface area (Å²) in [5, 5.41) is 6.77. The van der Waals surface area contributed by atoms with Gasteiger partial charge in [-0.25, -0.2) is 0 Å². The van der Waals surface area contributed by atoms with Crippen LogP contribution in [0.5, 0.6) is 0 Å². The third-order valence-corrected chi connectivity index (χ3v) is 4.07. The standard InChI is InChI=1S/C19H35N5O/c1-16-8-9-17(18(14-16)23(3)4)15-22-19(20-2)21-10-12-24(5)11-7-13-25-6/h8-9,14H,7,10-13,15H2,1-6H3,(H2,20,21,22). The van der Waals surface area contributed by atoms with Gasteiger partial charge in [0.15, 0.2) is 5.96 Å². The molecular weight excluding hydrogens is 314 g/mol. The lowest BCUT2D eigenvalue weighted by Gasteiger charge is -2.20. The monoisotopic (exact) mass is 349 g/mol. The highest BCUT2D eigenvalue weighted by atomic mass is 16.5. The summed E-state index contributed by atoms with van der Waals surface area (Å²) in [7, 11) is 9.82. The molecule has 0 aliphatic carbocycles. The molecule has 1 rings (SSSR count). The molecule has 2 N–H and O–H groups in total. The Morgan fingerprint density at radius 2 is 1.92 bits per heavy atom. The maximum atomic E-state index is 5.09. The molecule has 0 aromatic heterocycles. The van der Waals surface area contributed by atoms with Gasteiger partial charge in [-0.1, -0.05) is 12.1 Å². The van der Waals surface area contributed by atoms with Crippen LogP contribution in [-0.2, 0) is 11.3 Å². The summed E-state index contributed by atoms with van der Waals surface area (Å²) >= 11 is 0. The number of hydrogen-bond donors (Lipinski definition) is 2. The number of rotatable bonds is 10. The van der Waals surface area contributed by atoms with E-state index in [1.165, 1.54) is 16.8 Å². The smallest absolute Gasteiger partial charge is 0.191 e. The maximum Gasteiger partial charge on any atom is 0.191 e. The fourth-order valence-corrected chi connectivity index (χ4v) is 2.60. The van der Waals surface area contributed by atoms with Crippen molar-refractivity contribution in [3.8, 4) is 0 Å². The van der Waals surface area contributed by atoms with Gasteiger partial charge in [-0.15, -0.1) is 0 Å². The lowest BCUT2D eigenvalue weighted by Crippen LogP contribution is -2.41. The number of guanidine groups is 1. The molecule has 0 saturated carbocycles. The van der Waals surface area contributed by atoms with Crippen LogP contribution in [0.1, 0.15) is 17.5 Å². The third-order valence-electron chi connectivity index (χ3n) is 4.07. The highest BCUT2D eigenvalue weighted by Crippen LogP contribution is 2.20. The summed E-state index contributed by atoms with van der Waals surface area (Å²) in [6.45, 7) is 6.54. The predicted molar refractivity (Wildman–Crippen MR) is 108 cm³/mol. The number of nitrogens with one attached hydrogen (secondary N) is 2. The molecule has 0 atom stereocenters. The van der Waals surface area contributed by atoms with Crippen LogP contribution in [-0.4, -0.2) is 72.4 Å². The molecule has 25 heavy (non-hydrogen) atoms. The zero-order valence-corrected chi connectivity index (χ0v) is 16.7. The normalized spacial score (nSPS) is 11.7. The minimum absolute atomic E-state index is 0.747. The minimum atomic E-state index is 0.747. The van der Waals surface area contributed by atoms with E-state index in [0.29, 0.717) is 0 Å². The molecule has 6 nitrogen and oxygen atoms in total. The van der Waals surface area contributed by atoms with Gasteiger partial charge in [0.2, 0.25) is 0 Å². The molecular formula is C19H35N5O. The van der Waals surface area contributed by atoms with Gasteiger partial charge < -0.3 is 25.2 Å². The average Bonchev–Trinajstić information content (AvgIpc) is 2.58. The number of hydrogen-bond acceptors (Lipinski definition) is 4. The first kappa shape index (κ1) is 21.3. The largest absolute Gasteiger partial charge is 0.385 e. The topological polar surface area (TPSA) is 52.1 Å². The molecule has 142 valence electrons. The van der Waals surface area contributed by atoms with Gasteiger partial charge in [0.05, 0.1) is 0 Å². The zero-order valence-electron chi connectivity index (χ0n) is 16.7. The fraction of sp³-hybridized carbons (Fsp3) is 0.632. The lowest BCUT2D eigenvalue weighted by molar-refractivity contribution is 0.180. The van der Waals surface area contributed by atoms with Gasteiger partial charge in [0.1, 0.15) is 0 Å². The van der Waals surface area contributed by atoms with Crippen molar-refractivity contribution in [2.45, 2.75) is 19.9 Å². The summed E-state index contributed by atoms with van der Waals surface area (Å²) in [4.78, 5) is 8.75. The van der Waals surface area contributed by atoms with E-state index in [1.54, 1.807) is 14.2 Å². The van der Waals surface area contributed by atoms with Crippen molar-refractivity contribution in [1.82, 2.24) is 15.5 Å². The second-order valence-electron chi connectivity index (χ2n) is 6.53. The van der Waals surface area contributed by atoms with E-state index < -0.39 is 0 Å². The van der Waals surface area contributed by atoms with Crippen molar-refractivity contribution in [3.05, 3.63) is 29.3 Å². The van der Waals surface area contributed by atoms with E-state index in [0.717, 1.165) is 45.2 Å². The fourth-order valence-electron chi connectivity index (χ4n) is 2.60. The molecule has 0 aliphatic rings. The summed E-state index contributed by atoms with van der Waals surface area (Å²) in [6, 6.07) is 6.53. The van der Waals surface area contributed by atoms with Crippen molar-refractivity contribution in [2.24, 2.45) is 4.99 Å². The first-order valence-corrected chi connectivity index (χ1v) is 8.86. The molecule has 6 heteroatoms. The number of aryl methyl sites for hydroxylation is 1. The summed E-state index contributed by atoms with van der Waals surface area (Å²) in [5.74, 6) is 0.829. The van der Waals surface area contributed by atoms with Crippen LogP contribution in [0.15, 0.2) is 23.2 Å². The number of likely N-dealkylation sites (N-methyl/N-ethyl adjacent to an activating group) is 1. The van der Waals surface area contributed by atoms with Gasteiger partial charge in [0.25, 0.3) is 0 Å². The molecule has 0 bridgehead atoms. The zero-order chi connectivity index (χ0) is 18.7. The molecule has 0 amide bonds. The summed E-state index contributed by atoms with van der Waals surface area (Å²) in [5.41, 5.74) is 3.77. The van der Waals surface area contributed by atoms with E-state index in [1.807, 2.05) is 0 Å². The predicted octanol–water partition coefficient (Wildman–Crippen LogP) is 1.69. The molecule has 1 aromatic carbocycles. The number of nitrogens with zero attached hydrogens (tertiary/aromatic N) is 3. The van der Waals surface area contributed by atoms with Crippen LogP contribution in [0, 0.1) is 6.92 Å². The highest BCUT2D eigenvalue weighted by molar-refractivity contribution is 5.79. The van der Waals surface area contributed by atoms with Gasteiger partial charge >= 0.3 is 0 Å². The van der Waals surface area contributed by atoms with Crippen LogP contribution in [0.4, 0.5) is 5.69 Å². The van der Waals surface area contributed by atoms with E-state index in [4.69, 9.17) is 4.74 Å². The summed E-state index contributed by atoms with van der Waals surface area (Å²) in [6.07, 6.45) is 1.06. The van der Waals surface area contributed by atoms with Crippen LogP contribution >= 0.6 is 0 Å². The van der Waals surface area contributed by atoms with Crippen LogP contribution in [0.25, 0.3) is 0 Å². The molecule has 0 heterocycles. The van der Waals surface area contributed by atoms with Crippen molar-refractivity contribution in [3.63, 3.8) is 0 Å². The SMILES string of the molecule is CN=C(NCCN(C)CCCOC)NCc1ccc(C)cc1N(C)C. The molecule has 0 fully saturated rings. The molecule has 0 aliphatic heterocycles. The van der Waals surface area contributed by atoms with E-state index in [9.17, 15) is 0 Å². The second kappa shape index (κ2) is 11.7. The molecule has 0 saturated heterocycles. The van der Waals surface area contributed by atoms with Crippen LogP contribution in [0.3, 0.4) is 0 Å². The average molecular weight is 350 g/mol. The van der Waals surface area contributed by atoms with E-state index in [-0.39, 0.29) is 0 Å². The molecule has 0 radical (unpaired) electrons. The van der Waals surface area contributed by atoms with E-state index >= 15 is 0 Å². The Bertz CT molecular complexity index is 531. The first-order chi connectivity index (χ1) is 12.0. The van der Waals surface area contributed by atoms with Gasteiger partial charge in [0, 0.05) is 66.7 Å². The molecule has 1 aromatic rings. The third kappa shape index (κ3) is 8.23. The number of anilines is 1. The van der Waals surface area contributed by atoms with Gasteiger partial charge in [-0.05, 0) is 37.6 Å². The Morgan fingerprint density at radius 1 is 1.16 bits per heavy atom. The maximum absolute atomic E-state index is 5.09. The Morgan fingerprint density at radius 3 is 2.56 bits per heavy atom. The van der Waals surface area contributed by atoms with Crippen molar-refractivity contribution >= 4 is 11.6 Å². The quantitative estimate of drug-likeness (QED) is 0.382. The first-order valence-electron chi connectivity index (χ1n) is 8.86. The molecule has 0 unspecified atom stereocenters. The Labute approximate surface area is 153 Å². The molecule has 0 spiro atoms. The van der Waals surface area contributed by atoms with Crippen molar-refractivity contribution in [2.75, 3.05) is 66.4 Å².